The van der Waals surface area contributed by atoms with Crippen molar-refractivity contribution < 1.29 is 14.7 Å². The molecule has 0 atom stereocenters. The minimum absolute atomic E-state index is 0.00675. The summed E-state index contributed by atoms with van der Waals surface area (Å²) in [6, 6.07) is 0.285. The van der Waals surface area contributed by atoms with Crippen molar-refractivity contribution in [3.05, 3.63) is 0 Å². The minimum atomic E-state index is -0.819. The Kier molecular flexibility index (Phi) is 6.08. The molecular formula is C13H25N3O3. The van der Waals surface area contributed by atoms with Crippen molar-refractivity contribution in [2.45, 2.75) is 51.6 Å². The summed E-state index contributed by atoms with van der Waals surface area (Å²) in [6.07, 6.45) is 2.27. The number of hydrogen-bond acceptors (Lipinski definition) is 3. The molecule has 1 saturated heterocycles. The van der Waals surface area contributed by atoms with Crippen molar-refractivity contribution in [1.82, 2.24) is 9.80 Å². The summed E-state index contributed by atoms with van der Waals surface area (Å²) in [7, 11) is 0. The molecular weight excluding hydrogens is 246 g/mol. The summed E-state index contributed by atoms with van der Waals surface area (Å²) in [5.74, 6) is -0.819. The number of urea groups is 1. The van der Waals surface area contributed by atoms with E-state index in [1.54, 1.807) is 4.90 Å². The van der Waals surface area contributed by atoms with E-state index in [2.05, 4.69) is 0 Å². The van der Waals surface area contributed by atoms with E-state index in [-0.39, 0.29) is 24.5 Å². The van der Waals surface area contributed by atoms with E-state index in [1.165, 1.54) is 0 Å². The smallest absolute Gasteiger partial charge is 0.320 e. The van der Waals surface area contributed by atoms with E-state index in [0.717, 1.165) is 12.8 Å². The SMILES string of the molecule is CC(C)N(CCCC(=O)O)C(=O)N1CCC(N)CC1. The first-order valence-electron chi connectivity index (χ1n) is 6.94. The third-order valence-electron chi connectivity index (χ3n) is 3.47. The molecule has 1 rings (SSSR count). The summed E-state index contributed by atoms with van der Waals surface area (Å²) in [5.41, 5.74) is 5.83. The summed E-state index contributed by atoms with van der Waals surface area (Å²) in [6.45, 7) is 5.79. The molecule has 0 aromatic heterocycles. The van der Waals surface area contributed by atoms with Crippen LogP contribution in [0.25, 0.3) is 0 Å². The molecule has 0 aromatic carbocycles. The van der Waals surface area contributed by atoms with Crippen LogP contribution in [0.2, 0.25) is 0 Å². The number of carbonyl (C=O) groups is 2. The average molecular weight is 271 g/mol. The van der Waals surface area contributed by atoms with Crippen molar-refractivity contribution in [1.29, 1.82) is 0 Å². The van der Waals surface area contributed by atoms with Gasteiger partial charge in [-0.25, -0.2) is 4.79 Å². The van der Waals surface area contributed by atoms with E-state index >= 15 is 0 Å². The Morgan fingerprint density at radius 3 is 2.42 bits per heavy atom. The van der Waals surface area contributed by atoms with Crippen LogP contribution in [-0.4, -0.2) is 58.6 Å². The summed E-state index contributed by atoms with van der Waals surface area (Å²) >= 11 is 0. The highest BCUT2D eigenvalue weighted by Gasteiger charge is 2.26. The van der Waals surface area contributed by atoms with Crippen molar-refractivity contribution in [2.24, 2.45) is 5.73 Å². The molecule has 1 aliphatic heterocycles. The van der Waals surface area contributed by atoms with Gasteiger partial charge in [0.05, 0.1) is 0 Å². The fourth-order valence-electron chi connectivity index (χ4n) is 2.25. The molecule has 110 valence electrons. The molecule has 1 aliphatic rings. The Labute approximate surface area is 114 Å². The normalized spacial score (nSPS) is 16.7. The molecule has 1 fully saturated rings. The number of carbonyl (C=O) groups excluding carboxylic acids is 1. The number of nitrogens with two attached hydrogens (primary N) is 1. The van der Waals surface area contributed by atoms with Gasteiger partial charge >= 0.3 is 12.0 Å². The van der Waals surface area contributed by atoms with Gasteiger partial charge in [0.1, 0.15) is 0 Å². The number of carboxylic acid groups (broad SMARTS) is 1. The molecule has 3 N–H and O–H groups in total. The number of piperidine rings is 1. The van der Waals surface area contributed by atoms with E-state index in [4.69, 9.17) is 10.8 Å². The maximum Gasteiger partial charge on any atom is 0.320 e. The Bertz CT molecular complexity index is 312. The maximum absolute atomic E-state index is 12.4. The van der Waals surface area contributed by atoms with E-state index < -0.39 is 5.97 Å². The van der Waals surface area contributed by atoms with E-state index in [1.807, 2.05) is 18.7 Å². The van der Waals surface area contributed by atoms with Crippen LogP contribution in [0.15, 0.2) is 0 Å². The zero-order chi connectivity index (χ0) is 14.4. The Morgan fingerprint density at radius 1 is 1.37 bits per heavy atom. The first-order valence-corrected chi connectivity index (χ1v) is 6.94. The van der Waals surface area contributed by atoms with Gasteiger partial charge in [-0.1, -0.05) is 0 Å². The Morgan fingerprint density at radius 2 is 1.95 bits per heavy atom. The van der Waals surface area contributed by atoms with E-state index in [9.17, 15) is 9.59 Å². The first-order chi connectivity index (χ1) is 8.91. The molecule has 19 heavy (non-hydrogen) atoms. The number of hydrogen-bond donors (Lipinski definition) is 2. The topological polar surface area (TPSA) is 86.9 Å². The summed E-state index contributed by atoms with van der Waals surface area (Å²) < 4.78 is 0. The van der Waals surface area contributed by atoms with Crippen molar-refractivity contribution in [3.63, 3.8) is 0 Å². The predicted molar refractivity (Wildman–Crippen MR) is 72.9 cm³/mol. The molecule has 0 unspecified atom stereocenters. The van der Waals surface area contributed by atoms with Crippen LogP contribution in [0.4, 0.5) is 4.79 Å². The molecule has 0 spiro atoms. The lowest BCUT2D eigenvalue weighted by Crippen LogP contribution is -2.51. The number of aliphatic carboxylic acids is 1. The summed E-state index contributed by atoms with van der Waals surface area (Å²) in [4.78, 5) is 26.5. The number of rotatable bonds is 5. The van der Waals surface area contributed by atoms with Crippen LogP contribution in [-0.2, 0) is 4.79 Å². The fourth-order valence-corrected chi connectivity index (χ4v) is 2.25. The van der Waals surface area contributed by atoms with Crippen LogP contribution in [0.3, 0.4) is 0 Å². The molecule has 0 bridgehead atoms. The molecule has 6 heteroatoms. The van der Waals surface area contributed by atoms with Crippen LogP contribution >= 0.6 is 0 Å². The highest BCUT2D eigenvalue weighted by molar-refractivity contribution is 5.75. The Hall–Kier alpha value is -1.30. The first kappa shape index (κ1) is 15.8. The molecule has 1 heterocycles. The van der Waals surface area contributed by atoms with Crippen molar-refractivity contribution in [3.8, 4) is 0 Å². The zero-order valence-electron chi connectivity index (χ0n) is 11.8. The lowest BCUT2D eigenvalue weighted by molar-refractivity contribution is -0.137. The second-order valence-corrected chi connectivity index (χ2v) is 5.39. The lowest BCUT2D eigenvalue weighted by Gasteiger charge is -2.36. The van der Waals surface area contributed by atoms with Gasteiger partial charge in [-0.05, 0) is 33.1 Å². The largest absolute Gasteiger partial charge is 0.481 e. The van der Waals surface area contributed by atoms with Gasteiger partial charge in [-0.15, -0.1) is 0 Å². The molecule has 0 radical (unpaired) electrons. The van der Waals surface area contributed by atoms with Crippen LogP contribution in [0.5, 0.6) is 0 Å². The standard InChI is InChI=1S/C13H25N3O3/c1-10(2)16(7-3-4-12(17)18)13(19)15-8-5-11(14)6-9-15/h10-11H,3-9,14H2,1-2H3,(H,17,18). The second kappa shape index (κ2) is 7.33. The quantitative estimate of drug-likeness (QED) is 0.784. The van der Waals surface area contributed by atoms with Gasteiger partial charge in [-0.2, -0.15) is 0 Å². The van der Waals surface area contributed by atoms with Crippen LogP contribution in [0.1, 0.15) is 39.5 Å². The predicted octanol–water partition coefficient (Wildman–Crippen LogP) is 1.10. The van der Waals surface area contributed by atoms with Gasteiger partial charge in [-0.3, -0.25) is 4.79 Å². The third kappa shape index (κ3) is 5.06. The molecule has 0 saturated carbocycles. The van der Waals surface area contributed by atoms with Gasteiger partial charge in [0.2, 0.25) is 0 Å². The molecule has 2 amide bonds. The van der Waals surface area contributed by atoms with Gasteiger partial charge in [0.25, 0.3) is 0 Å². The van der Waals surface area contributed by atoms with Gasteiger partial charge < -0.3 is 20.6 Å². The van der Waals surface area contributed by atoms with Gasteiger partial charge in [0.15, 0.2) is 0 Å². The molecule has 0 aliphatic carbocycles. The van der Waals surface area contributed by atoms with Crippen molar-refractivity contribution in [2.75, 3.05) is 19.6 Å². The number of likely N-dealkylation sites (tertiary alicyclic amines) is 1. The minimum Gasteiger partial charge on any atom is -0.481 e. The van der Waals surface area contributed by atoms with Crippen molar-refractivity contribution >= 4 is 12.0 Å². The van der Waals surface area contributed by atoms with Crippen LogP contribution in [0, 0.1) is 0 Å². The lowest BCUT2D eigenvalue weighted by atomic mass is 10.1. The third-order valence-corrected chi connectivity index (χ3v) is 3.47. The molecule has 6 nitrogen and oxygen atoms in total. The Balaban J connectivity index is 2.50. The van der Waals surface area contributed by atoms with Gasteiger partial charge in [0, 0.05) is 38.1 Å². The number of carboxylic acids is 1. The highest BCUT2D eigenvalue weighted by Crippen LogP contribution is 2.13. The maximum atomic E-state index is 12.4. The average Bonchev–Trinajstić information content (AvgIpc) is 2.34. The second-order valence-electron chi connectivity index (χ2n) is 5.39. The molecule has 0 aromatic rings. The monoisotopic (exact) mass is 271 g/mol. The van der Waals surface area contributed by atoms with Crippen LogP contribution < -0.4 is 5.73 Å². The van der Waals surface area contributed by atoms with E-state index in [0.29, 0.717) is 26.1 Å². The summed E-state index contributed by atoms with van der Waals surface area (Å²) in [5, 5.41) is 8.65. The fraction of sp³-hybridized carbons (Fsp3) is 0.846. The number of amides is 2. The zero-order valence-corrected chi connectivity index (χ0v) is 11.8. The highest BCUT2D eigenvalue weighted by atomic mass is 16.4. The number of nitrogens with zero attached hydrogens (tertiary/aromatic N) is 2.